The number of nitrogens with zero attached hydrogens (tertiary/aromatic N) is 3. The Morgan fingerprint density at radius 2 is 2.19 bits per heavy atom. The summed E-state index contributed by atoms with van der Waals surface area (Å²) >= 11 is 1.63. The number of ether oxygens (including phenoxy) is 1. The van der Waals surface area contributed by atoms with E-state index in [0.717, 1.165) is 16.3 Å². The molecule has 1 aliphatic rings. The minimum absolute atomic E-state index is 0.129. The van der Waals surface area contributed by atoms with Gasteiger partial charge in [-0.15, -0.1) is 11.3 Å². The predicted octanol–water partition coefficient (Wildman–Crippen LogP) is 3.29. The third-order valence-electron chi connectivity index (χ3n) is 4.59. The lowest BCUT2D eigenvalue weighted by Crippen LogP contribution is -2.42. The summed E-state index contributed by atoms with van der Waals surface area (Å²) in [6, 6.07) is 14.1. The SMILES string of the molecule is O=C(Cc1cccs1)N1Cc2cccn2[C@H](COCc2ccccn2)C1. The molecule has 3 aromatic heterocycles. The van der Waals surface area contributed by atoms with Gasteiger partial charge < -0.3 is 14.2 Å². The quantitative estimate of drug-likeness (QED) is 0.672. The summed E-state index contributed by atoms with van der Waals surface area (Å²) < 4.78 is 8.13. The number of pyridine rings is 1. The maximum absolute atomic E-state index is 12.7. The van der Waals surface area contributed by atoms with Crippen molar-refractivity contribution in [2.45, 2.75) is 25.6 Å². The van der Waals surface area contributed by atoms with Crippen molar-refractivity contribution < 1.29 is 9.53 Å². The van der Waals surface area contributed by atoms with Crippen LogP contribution in [0.25, 0.3) is 0 Å². The second-order valence-corrected chi connectivity index (χ2v) is 7.46. The summed E-state index contributed by atoms with van der Waals surface area (Å²) in [5.41, 5.74) is 2.07. The maximum Gasteiger partial charge on any atom is 0.228 e. The standard InChI is InChI=1S/C20H21N3O2S/c24-20(11-19-7-4-10-26-19)22-12-17-6-3-9-23(17)18(13-22)15-25-14-16-5-1-2-8-21-16/h1-10,18H,11-15H2/t18-/m0/s1. The summed E-state index contributed by atoms with van der Waals surface area (Å²) in [6.07, 6.45) is 4.32. The monoisotopic (exact) mass is 367 g/mol. The van der Waals surface area contributed by atoms with E-state index in [1.807, 2.05) is 46.7 Å². The van der Waals surface area contributed by atoms with Gasteiger partial charge >= 0.3 is 0 Å². The van der Waals surface area contributed by atoms with Crippen LogP contribution in [0.15, 0.2) is 60.2 Å². The number of carbonyl (C=O) groups excluding carboxylic acids is 1. The Labute approximate surface area is 156 Å². The largest absolute Gasteiger partial charge is 0.373 e. The van der Waals surface area contributed by atoms with Gasteiger partial charge in [0.2, 0.25) is 5.91 Å². The fourth-order valence-corrected chi connectivity index (χ4v) is 4.00. The number of carbonyl (C=O) groups is 1. The average Bonchev–Trinajstić information content (AvgIpc) is 3.34. The van der Waals surface area contributed by atoms with Crippen LogP contribution in [0.4, 0.5) is 0 Å². The fourth-order valence-electron chi connectivity index (χ4n) is 3.30. The molecule has 0 unspecified atom stereocenters. The highest BCUT2D eigenvalue weighted by molar-refractivity contribution is 7.10. The van der Waals surface area contributed by atoms with Gasteiger partial charge in [0.05, 0.1) is 37.9 Å². The number of hydrogen-bond donors (Lipinski definition) is 0. The van der Waals surface area contributed by atoms with E-state index in [2.05, 4.69) is 21.8 Å². The number of aromatic nitrogens is 2. The molecule has 0 bridgehead atoms. The molecule has 0 aromatic carbocycles. The lowest BCUT2D eigenvalue weighted by atomic mass is 10.1. The molecular weight excluding hydrogens is 346 g/mol. The van der Waals surface area contributed by atoms with E-state index in [0.29, 0.717) is 32.7 Å². The van der Waals surface area contributed by atoms with E-state index in [1.54, 1.807) is 17.5 Å². The molecule has 0 fully saturated rings. The van der Waals surface area contributed by atoms with E-state index < -0.39 is 0 Å². The van der Waals surface area contributed by atoms with E-state index in [4.69, 9.17) is 4.74 Å². The van der Waals surface area contributed by atoms with Crippen molar-refractivity contribution in [2.24, 2.45) is 0 Å². The summed E-state index contributed by atoms with van der Waals surface area (Å²) in [5.74, 6) is 0.176. The first-order valence-electron chi connectivity index (χ1n) is 8.73. The Morgan fingerprint density at radius 1 is 1.23 bits per heavy atom. The van der Waals surface area contributed by atoms with Gasteiger partial charge in [0, 0.05) is 29.5 Å². The zero-order chi connectivity index (χ0) is 17.8. The normalized spacial score (nSPS) is 16.5. The number of hydrogen-bond acceptors (Lipinski definition) is 4. The van der Waals surface area contributed by atoms with Gasteiger partial charge in [-0.25, -0.2) is 0 Å². The third-order valence-corrected chi connectivity index (χ3v) is 5.47. The molecule has 26 heavy (non-hydrogen) atoms. The topological polar surface area (TPSA) is 47.4 Å². The van der Waals surface area contributed by atoms with Crippen molar-refractivity contribution in [1.82, 2.24) is 14.5 Å². The average molecular weight is 367 g/mol. The van der Waals surface area contributed by atoms with Crippen LogP contribution < -0.4 is 0 Å². The summed E-state index contributed by atoms with van der Waals surface area (Å²) in [7, 11) is 0. The molecule has 134 valence electrons. The number of thiophene rings is 1. The van der Waals surface area contributed by atoms with E-state index >= 15 is 0 Å². The maximum atomic E-state index is 12.7. The molecule has 0 N–H and O–H groups in total. The first-order chi connectivity index (χ1) is 12.8. The molecule has 1 atom stereocenters. The molecule has 0 saturated heterocycles. The molecule has 3 aromatic rings. The van der Waals surface area contributed by atoms with Gasteiger partial charge in [-0.2, -0.15) is 0 Å². The van der Waals surface area contributed by atoms with Crippen LogP contribution >= 0.6 is 11.3 Å². The highest BCUT2D eigenvalue weighted by Gasteiger charge is 2.27. The number of amides is 1. The Morgan fingerprint density at radius 3 is 3.00 bits per heavy atom. The molecule has 4 rings (SSSR count). The highest BCUT2D eigenvalue weighted by atomic mass is 32.1. The van der Waals surface area contributed by atoms with Crippen molar-refractivity contribution in [1.29, 1.82) is 0 Å². The zero-order valence-corrected chi connectivity index (χ0v) is 15.3. The molecule has 0 saturated carbocycles. The van der Waals surface area contributed by atoms with Crippen molar-refractivity contribution in [3.63, 3.8) is 0 Å². The summed E-state index contributed by atoms with van der Waals surface area (Å²) in [5, 5.41) is 2.01. The van der Waals surface area contributed by atoms with Gasteiger partial charge in [0.1, 0.15) is 0 Å². The second-order valence-electron chi connectivity index (χ2n) is 6.43. The molecule has 4 heterocycles. The molecule has 0 aliphatic carbocycles. The lowest BCUT2D eigenvalue weighted by Gasteiger charge is -2.35. The number of fused-ring (bicyclic) bond motifs is 1. The van der Waals surface area contributed by atoms with E-state index in [1.165, 1.54) is 0 Å². The van der Waals surface area contributed by atoms with Crippen LogP contribution in [0.3, 0.4) is 0 Å². The van der Waals surface area contributed by atoms with Gasteiger partial charge in [-0.05, 0) is 35.7 Å². The van der Waals surface area contributed by atoms with Crippen molar-refractivity contribution in [2.75, 3.05) is 13.2 Å². The number of rotatable bonds is 6. The Hall–Kier alpha value is -2.44. The van der Waals surface area contributed by atoms with E-state index in [9.17, 15) is 4.79 Å². The molecule has 0 spiro atoms. The van der Waals surface area contributed by atoms with Gasteiger partial charge in [-0.1, -0.05) is 12.1 Å². The summed E-state index contributed by atoms with van der Waals surface area (Å²) in [6.45, 7) is 2.38. The molecule has 1 amide bonds. The van der Waals surface area contributed by atoms with Crippen molar-refractivity contribution in [3.8, 4) is 0 Å². The molecule has 0 radical (unpaired) electrons. The third kappa shape index (κ3) is 3.86. The molecule has 6 heteroatoms. The minimum atomic E-state index is 0.129. The Balaban J connectivity index is 1.40. The minimum Gasteiger partial charge on any atom is -0.373 e. The van der Waals surface area contributed by atoms with Gasteiger partial charge in [-0.3, -0.25) is 9.78 Å². The van der Waals surface area contributed by atoms with E-state index in [-0.39, 0.29) is 11.9 Å². The van der Waals surface area contributed by atoms with Crippen LogP contribution in [-0.4, -0.2) is 33.5 Å². The Bertz CT molecular complexity index is 845. The van der Waals surface area contributed by atoms with Crippen LogP contribution in [0, 0.1) is 0 Å². The predicted molar refractivity (Wildman–Crippen MR) is 101 cm³/mol. The van der Waals surface area contributed by atoms with Crippen LogP contribution in [0.5, 0.6) is 0 Å². The first-order valence-corrected chi connectivity index (χ1v) is 9.61. The van der Waals surface area contributed by atoms with Gasteiger partial charge in [0.25, 0.3) is 0 Å². The fraction of sp³-hybridized carbons (Fsp3) is 0.300. The Kier molecular flexibility index (Phi) is 5.13. The van der Waals surface area contributed by atoms with Gasteiger partial charge in [0.15, 0.2) is 0 Å². The lowest BCUT2D eigenvalue weighted by molar-refractivity contribution is -0.132. The molecule has 1 aliphatic heterocycles. The van der Waals surface area contributed by atoms with Crippen LogP contribution in [-0.2, 0) is 29.1 Å². The van der Waals surface area contributed by atoms with Crippen LogP contribution in [0.1, 0.15) is 22.3 Å². The summed E-state index contributed by atoms with van der Waals surface area (Å²) in [4.78, 5) is 20.1. The zero-order valence-electron chi connectivity index (χ0n) is 14.5. The molecular formula is C20H21N3O2S. The highest BCUT2D eigenvalue weighted by Crippen LogP contribution is 2.23. The smallest absolute Gasteiger partial charge is 0.228 e. The van der Waals surface area contributed by atoms with Crippen LogP contribution in [0.2, 0.25) is 0 Å². The second kappa shape index (κ2) is 7.85. The molecule has 5 nitrogen and oxygen atoms in total. The first kappa shape index (κ1) is 17.0. The van der Waals surface area contributed by atoms with Crippen molar-refractivity contribution >= 4 is 17.2 Å². The van der Waals surface area contributed by atoms with Crippen molar-refractivity contribution in [3.05, 3.63) is 76.5 Å².